The fourth-order valence-corrected chi connectivity index (χ4v) is 3.47. The summed E-state index contributed by atoms with van der Waals surface area (Å²) in [4.78, 5) is 29.6. The number of aryl methyl sites for hydroxylation is 1. The van der Waals surface area contributed by atoms with Crippen molar-refractivity contribution in [1.82, 2.24) is 15.0 Å². The number of nitrogens with zero attached hydrogens (tertiary/aromatic N) is 3. The van der Waals surface area contributed by atoms with Gasteiger partial charge < -0.3 is 14.5 Å². The summed E-state index contributed by atoms with van der Waals surface area (Å²) in [5, 5.41) is 13.2. The molecule has 0 saturated carbocycles. The monoisotopic (exact) mass is 371 g/mol. The molecule has 7 nitrogen and oxygen atoms in total. The predicted octanol–water partition coefficient (Wildman–Crippen LogP) is 3.11. The van der Waals surface area contributed by atoms with Crippen molar-refractivity contribution in [3.05, 3.63) is 35.7 Å². The number of carboxylic acids is 1. The molecule has 0 bridgehead atoms. The molecule has 2 heterocycles. The number of carboxylic acid groups (broad SMARTS) is 1. The normalized spacial score (nSPS) is 19.6. The Kier molecular flexibility index (Phi) is 5.58. The summed E-state index contributed by atoms with van der Waals surface area (Å²) in [6.07, 6.45) is 1.07. The number of likely N-dealkylation sites (tertiary alicyclic amines) is 1. The largest absolute Gasteiger partial charge is 0.481 e. The summed E-state index contributed by atoms with van der Waals surface area (Å²) in [6.45, 7) is 6.54. The topological polar surface area (TPSA) is 96.5 Å². The lowest BCUT2D eigenvalue weighted by molar-refractivity contribution is -0.143. The molecular weight excluding hydrogens is 346 g/mol. The van der Waals surface area contributed by atoms with Gasteiger partial charge in [0.2, 0.25) is 17.6 Å². The van der Waals surface area contributed by atoms with E-state index in [9.17, 15) is 14.7 Å². The molecule has 1 saturated heterocycles. The van der Waals surface area contributed by atoms with E-state index in [0.717, 1.165) is 5.56 Å². The van der Waals surface area contributed by atoms with E-state index in [2.05, 4.69) is 24.0 Å². The van der Waals surface area contributed by atoms with Gasteiger partial charge in [-0.05, 0) is 24.8 Å². The highest BCUT2D eigenvalue weighted by Gasteiger charge is 2.37. The molecule has 0 spiro atoms. The third-order valence-electron chi connectivity index (χ3n) is 5.25. The van der Waals surface area contributed by atoms with Crippen LogP contribution >= 0.6 is 0 Å². The standard InChI is InChI=1S/C20H25N3O4/c1-12(2)14-4-6-15(7-5-14)19-21-17(27-22-19)8-9-18(24)23-11-10-16(13(23)3)20(25)26/h4-7,12-13,16H,8-11H2,1-3H3,(H,25,26). The van der Waals surface area contributed by atoms with Gasteiger partial charge in [-0.25, -0.2) is 0 Å². The van der Waals surface area contributed by atoms with Crippen LogP contribution in [0.4, 0.5) is 0 Å². The lowest BCUT2D eigenvalue weighted by atomic mass is 10.0. The maximum atomic E-state index is 12.4. The average Bonchev–Trinajstić information content (AvgIpc) is 3.26. The van der Waals surface area contributed by atoms with Crippen molar-refractivity contribution in [3.63, 3.8) is 0 Å². The van der Waals surface area contributed by atoms with Crippen LogP contribution in [0.25, 0.3) is 11.4 Å². The van der Waals surface area contributed by atoms with Gasteiger partial charge in [-0.2, -0.15) is 4.98 Å². The number of rotatable bonds is 6. The van der Waals surface area contributed by atoms with Gasteiger partial charge in [-0.1, -0.05) is 43.3 Å². The Bertz CT molecular complexity index is 813. The van der Waals surface area contributed by atoms with E-state index in [-0.39, 0.29) is 18.4 Å². The van der Waals surface area contributed by atoms with E-state index < -0.39 is 11.9 Å². The maximum absolute atomic E-state index is 12.4. The van der Waals surface area contributed by atoms with Crippen molar-refractivity contribution >= 4 is 11.9 Å². The number of aromatic nitrogens is 2. The SMILES string of the molecule is CC(C)c1ccc(-c2noc(CCC(=O)N3CCC(C(=O)O)C3C)n2)cc1. The minimum absolute atomic E-state index is 0.0766. The number of hydrogen-bond acceptors (Lipinski definition) is 5. The van der Waals surface area contributed by atoms with Crippen LogP contribution in [0.3, 0.4) is 0 Å². The summed E-state index contributed by atoms with van der Waals surface area (Å²) >= 11 is 0. The number of hydrogen-bond donors (Lipinski definition) is 1. The second-order valence-electron chi connectivity index (χ2n) is 7.35. The fourth-order valence-electron chi connectivity index (χ4n) is 3.47. The minimum atomic E-state index is -0.845. The van der Waals surface area contributed by atoms with E-state index >= 15 is 0 Å². The number of benzene rings is 1. The maximum Gasteiger partial charge on any atom is 0.308 e. The van der Waals surface area contributed by atoms with Crippen molar-refractivity contribution in [2.75, 3.05) is 6.54 Å². The predicted molar refractivity (Wildman–Crippen MR) is 99.1 cm³/mol. The number of aliphatic carboxylic acids is 1. The Balaban J connectivity index is 1.58. The molecule has 1 amide bonds. The molecule has 0 radical (unpaired) electrons. The van der Waals surface area contributed by atoms with E-state index in [1.807, 2.05) is 24.3 Å². The Morgan fingerprint density at radius 3 is 2.59 bits per heavy atom. The highest BCUT2D eigenvalue weighted by atomic mass is 16.5. The molecule has 3 rings (SSSR count). The van der Waals surface area contributed by atoms with E-state index in [4.69, 9.17) is 4.52 Å². The molecule has 2 aromatic rings. The van der Waals surface area contributed by atoms with Crippen molar-refractivity contribution < 1.29 is 19.2 Å². The van der Waals surface area contributed by atoms with Crippen molar-refractivity contribution in [3.8, 4) is 11.4 Å². The Labute approximate surface area is 158 Å². The van der Waals surface area contributed by atoms with Gasteiger partial charge in [-0.3, -0.25) is 9.59 Å². The molecule has 1 aliphatic rings. The van der Waals surface area contributed by atoms with Gasteiger partial charge in [0, 0.05) is 31.0 Å². The smallest absolute Gasteiger partial charge is 0.308 e. The summed E-state index contributed by atoms with van der Waals surface area (Å²) < 4.78 is 5.27. The lowest BCUT2D eigenvalue weighted by Crippen LogP contribution is -2.37. The van der Waals surface area contributed by atoms with Gasteiger partial charge in [0.05, 0.1) is 5.92 Å². The van der Waals surface area contributed by atoms with Crippen LogP contribution in [0.15, 0.2) is 28.8 Å². The molecule has 2 atom stereocenters. The summed E-state index contributed by atoms with van der Waals surface area (Å²) in [7, 11) is 0. The first-order valence-electron chi connectivity index (χ1n) is 9.32. The van der Waals surface area contributed by atoms with Crippen LogP contribution in [0.5, 0.6) is 0 Å². The first-order valence-corrected chi connectivity index (χ1v) is 9.32. The molecule has 1 aromatic heterocycles. The molecule has 0 aliphatic carbocycles. The molecule has 144 valence electrons. The second-order valence-corrected chi connectivity index (χ2v) is 7.35. The Morgan fingerprint density at radius 1 is 1.30 bits per heavy atom. The fraction of sp³-hybridized carbons (Fsp3) is 0.500. The first kappa shape index (κ1) is 19.1. The highest BCUT2D eigenvalue weighted by Crippen LogP contribution is 2.25. The van der Waals surface area contributed by atoms with Crippen molar-refractivity contribution in [1.29, 1.82) is 0 Å². The van der Waals surface area contributed by atoms with Gasteiger partial charge in [0.1, 0.15) is 0 Å². The molecule has 27 heavy (non-hydrogen) atoms. The molecule has 7 heteroatoms. The Hall–Kier alpha value is -2.70. The van der Waals surface area contributed by atoms with Crippen LogP contribution < -0.4 is 0 Å². The highest BCUT2D eigenvalue weighted by molar-refractivity contribution is 5.79. The Morgan fingerprint density at radius 2 is 2.00 bits per heavy atom. The number of carbonyl (C=O) groups excluding carboxylic acids is 1. The molecule has 2 unspecified atom stereocenters. The van der Waals surface area contributed by atoms with Gasteiger partial charge in [0.25, 0.3) is 0 Å². The average molecular weight is 371 g/mol. The quantitative estimate of drug-likeness (QED) is 0.838. The zero-order chi connectivity index (χ0) is 19.6. The molecule has 1 N–H and O–H groups in total. The van der Waals surface area contributed by atoms with E-state index in [0.29, 0.717) is 37.0 Å². The van der Waals surface area contributed by atoms with Gasteiger partial charge in [0.15, 0.2) is 0 Å². The third kappa shape index (κ3) is 4.18. The summed E-state index contributed by atoms with van der Waals surface area (Å²) in [6, 6.07) is 7.74. The zero-order valence-electron chi connectivity index (χ0n) is 15.9. The summed E-state index contributed by atoms with van der Waals surface area (Å²) in [5.74, 6) is -0.0337. The molecule has 1 aliphatic heterocycles. The third-order valence-corrected chi connectivity index (χ3v) is 5.25. The van der Waals surface area contributed by atoms with Crippen molar-refractivity contribution in [2.24, 2.45) is 5.92 Å². The van der Waals surface area contributed by atoms with Crippen LogP contribution in [0, 0.1) is 5.92 Å². The van der Waals surface area contributed by atoms with Crippen molar-refractivity contribution in [2.45, 2.75) is 52.0 Å². The summed E-state index contributed by atoms with van der Waals surface area (Å²) in [5.41, 5.74) is 2.12. The van der Waals surface area contributed by atoms with Crippen LogP contribution in [-0.2, 0) is 16.0 Å². The van der Waals surface area contributed by atoms with Crippen LogP contribution in [0.2, 0.25) is 0 Å². The second kappa shape index (κ2) is 7.90. The molecule has 1 fully saturated rings. The lowest BCUT2D eigenvalue weighted by Gasteiger charge is -2.23. The number of carbonyl (C=O) groups is 2. The van der Waals surface area contributed by atoms with E-state index in [1.165, 1.54) is 5.56 Å². The minimum Gasteiger partial charge on any atom is -0.481 e. The number of amides is 1. The molecular formula is C20H25N3O4. The molecule has 1 aromatic carbocycles. The van der Waals surface area contributed by atoms with Crippen LogP contribution in [-0.4, -0.2) is 44.6 Å². The van der Waals surface area contributed by atoms with Gasteiger partial charge in [-0.15, -0.1) is 0 Å². The first-order chi connectivity index (χ1) is 12.9. The van der Waals surface area contributed by atoms with E-state index in [1.54, 1.807) is 11.8 Å². The zero-order valence-corrected chi connectivity index (χ0v) is 15.9. The van der Waals surface area contributed by atoms with Crippen LogP contribution in [0.1, 0.15) is 51.0 Å². The van der Waals surface area contributed by atoms with Gasteiger partial charge >= 0.3 is 5.97 Å².